The molecule has 4 heteroatoms. The molecule has 342 valence electrons. The monoisotopic (exact) mass is 906 g/mol. The van der Waals surface area contributed by atoms with E-state index in [0.29, 0.717) is 0 Å². The van der Waals surface area contributed by atoms with Gasteiger partial charge in [-0.3, -0.25) is 0 Å². The molecule has 0 amide bonds. The van der Waals surface area contributed by atoms with Crippen molar-refractivity contribution in [3.05, 3.63) is 203 Å². The van der Waals surface area contributed by atoms with Crippen LogP contribution in [0.1, 0.15) is 74.9 Å². The van der Waals surface area contributed by atoms with Gasteiger partial charge in [-0.1, -0.05) is 139 Å². The Labute approximate surface area is 410 Å². The van der Waals surface area contributed by atoms with Gasteiger partial charge in [-0.2, -0.15) is 0 Å². The van der Waals surface area contributed by atoms with Crippen LogP contribution in [0.2, 0.25) is 0 Å². The summed E-state index contributed by atoms with van der Waals surface area (Å²) in [6.45, 7) is 23.0. The van der Waals surface area contributed by atoms with E-state index in [0.717, 1.165) is 11.4 Å². The van der Waals surface area contributed by atoms with Crippen LogP contribution < -0.4 is 9.80 Å². The zero-order valence-corrected chi connectivity index (χ0v) is 42.0. The SMILES string of the molecule is Cc1cc(C)cc(N(c2ccccc2)c2ccc3c4cc5c(cc4n4c6c(C(C)(C)C)cccc6c2c34)c2ccc(N(c3ccccc3)c3cc(C)cc(C)c3)c3c4cccc(C(C)(C)C)c4n5c23)c1. The van der Waals surface area contributed by atoms with Crippen LogP contribution in [-0.4, -0.2) is 8.80 Å². The van der Waals surface area contributed by atoms with Gasteiger partial charge in [0.25, 0.3) is 0 Å². The highest BCUT2D eigenvalue weighted by Gasteiger charge is 2.31. The second-order valence-electron chi connectivity index (χ2n) is 22.2. The maximum absolute atomic E-state index is 2.64. The quantitative estimate of drug-likeness (QED) is 0.165. The van der Waals surface area contributed by atoms with E-state index in [-0.39, 0.29) is 10.8 Å². The van der Waals surface area contributed by atoms with Crippen molar-refractivity contribution in [3.63, 3.8) is 0 Å². The van der Waals surface area contributed by atoms with E-state index >= 15 is 0 Å². The Bertz CT molecular complexity index is 3920. The van der Waals surface area contributed by atoms with Gasteiger partial charge in [0.1, 0.15) is 0 Å². The molecule has 9 aromatic carbocycles. The third-order valence-electron chi connectivity index (χ3n) is 15.0. The van der Waals surface area contributed by atoms with Gasteiger partial charge in [0.15, 0.2) is 0 Å². The summed E-state index contributed by atoms with van der Waals surface area (Å²) in [5.74, 6) is 0. The minimum Gasteiger partial charge on any atom is -0.310 e. The molecule has 4 nitrogen and oxygen atoms in total. The van der Waals surface area contributed by atoms with E-state index in [4.69, 9.17) is 0 Å². The van der Waals surface area contributed by atoms with Gasteiger partial charge in [-0.15, -0.1) is 0 Å². The second kappa shape index (κ2) is 14.8. The minimum atomic E-state index is -0.108. The highest BCUT2D eigenvalue weighted by Crippen LogP contribution is 2.53. The van der Waals surface area contributed by atoms with Crippen molar-refractivity contribution in [2.45, 2.75) is 80.1 Å². The fourth-order valence-electron chi connectivity index (χ4n) is 12.4. The van der Waals surface area contributed by atoms with Crippen LogP contribution >= 0.6 is 0 Å². The Balaban J connectivity index is 1.19. The lowest BCUT2D eigenvalue weighted by Gasteiger charge is -2.27. The Hall–Kier alpha value is -7.82. The third kappa shape index (κ3) is 6.08. The molecule has 13 rings (SSSR count). The predicted molar refractivity (Wildman–Crippen MR) is 301 cm³/mol. The van der Waals surface area contributed by atoms with Crippen LogP contribution in [0.4, 0.5) is 34.1 Å². The number of aromatic nitrogens is 2. The fraction of sp³-hybridized carbons (Fsp3) is 0.182. The molecule has 0 saturated heterocycles. The number of rotatable bonds is 6. The number of aryl methyl sites for hydroxylation is 4. The maximum Gasteiger partial charge on any atom is 0.0641 e. The molecule has 13 aromatic rings. The summed E-state index contributed by atoms with van der Waals surface area (Å²) >= 11 is 0. The molecule has 0 bridgehead atoms. The van der Waals surface area contributed by atoms with E-state index in [1.807, 2.05) is 0 Å². The van der Waals surface area contributed by atoms with Gasteiger partial charge in [0.05, 0.1) is 44.5 Å². The molecule has 0 saturated carbocycles. The smallest absolute Gasteiger partial charge is 0.0641 e. The summed E-state index contributed by atoms with van der Waals surface area (Å²) in [6, 6.07) is 64.4. The van der Waals surface area contributed by atoms with Crippen molar-refractivity contribution in [2.24, 2.45) is 0 Å². The molecule has 0 N–H and O–H groups in total. The standard InChI is InChI=1S/C66H58N4/c1-39-31-40(2)34-45(33-39)67(43-19-13-11-14-20-43)55-29-27-47-51-37-58-52(38-57(51)69-61-49(59(55)63(47)69)23-17-25-53(61)65(5,6)7)48-28-30-56(60-50-24-18-26-54(66(8,9)10)62(50)70(58)64(48)60)68(44-21-15-12-16-22-44)46-35-41(3)32-42(4)36-46/h11-38H,1-10H3. The van der Waals surface area contributed by atoms with Crippen molar-refractivity contribution in [2.75, 3.05) is 9.80 Å². The van der Waals surface area contributed by atoms with Crippen molar-refractivity contribution in [1.82, 2.24) is 8.80 Å². The maximum atomic E-state index is 2.64. The van der Waals surface area contributed by atoms with Crippen LogP contribution in [-0.2, 0) is 10.8 Å². The van der Waals surface area contributed by atoms with Gasteiger partial charge < -0.3 is 18.6 Å². The lowest BCUT2D eigenvalue weighted by molar-refractivity contribution is 0.594. The predicted octanol–water partition coefficient (Wildman–Crippen LogP) is 18.8. The molecule has 0 fully saturated rings. The molecule has 4 aromatic heterocycles. The molecule has 0 aliphatic heterocycles. The number of hydrogen-bond acceptors (Lipinski definition) is 2. The van der Waals surface area contributed by atoms with Gasteiger partial charge in [-0.25, -0.2) is 0 Å². The molecule has 70 heavy (non-hydrogen) atoms. The molecular weight excluding hydrogens is 849 g/mol. The third-order valence-corrected chi connectivity index (χ3v) is 15.0. The first-order chi connectivity index (χ1) is 33.7. The van der Waals surface area contributed by atoms with Crippen LogP contribution in [0.3, 0.4) is 0 Å². The van der Waals surface area contributed by atoms with Crippen molar-refractivity contribution >= 4 is 110 Å². The van der Waals surface area contributed by atoms with Crippen LogP contribution in [0.5, 0.6) is 0 Å². The normalized spacial score (nSPS) is 12.7. The Morgan fingerprint density at radius 3 is 1.04 bits per heavy atom. The summed E-state index contributed by atoms with van der Waals surface area (Å²) < 4.78 is 5.28. The van der Waals surface area contributed by atoms with Crippen molar-refractivity contribution < 1.29 is 0 Å². The van der Waals surface area contributed by atoms with Crippen LogP contribution in [0.25, 0.3) is 76.2 Å². The van der Waals surface area contributed by atoms with E-state index in [1.54, 1.807) is 0 Å². The average molecular weight is 907 g/mol. The molecule has 0 aliphatic carbocycles. The number of para-hydroxylation sites is 4. The average Bonchev–Trinajstić information content (AvgIpc) is 4.04. The van der Waals surface area contributed by atoms with Crippen molar-refractivity contribution in [3.8, 4) is 0 Å². The minimum absolute atomic E-state index is 0.108. The number of fused-ring (bicyclic) bond motifs is 12. The first-order valence-electron chi connectivity index (χ1n) is 24.9. The van der Waals surface area contributed by atoms with Crippen molar-refractivity contribution in [1.29, 1.82) is 0 Å². The number of anilines is 6. The van der Waals surface area contributed by atoms with Crippen LogP contribution in [0.15, 0.2) is 170 Å². The summed E-state index contributed by atoms with van der Waals surface area (Å²) in [6.07, 6.45) is 0. The molecule has 0 unspecified atom stereocenters. The molecule has 0 atom stereocenters. The Kier molecular flexibility index (Phi) is 8.97. The van der Waals surface area contributed by atoms with Crippen LogP contribution in [0, 0.1) is 27.7 Å². The Morgan fingerprint density at radius 2 is 0.686 bits per heavy atom. The second-order valence-corrected chi connectivity index (χ2v) is 22.2. The summed E-state index contributed by atoms with van der Waals surface area (Å²) in [5, 5.41) is 10.2. The summed E-state index contributed by atoms with van der Waals surface area (Å²) in [4.78, 5) is 4.97. The van der Waals surface area contributed by atoms with Gasteiger partial charge in [-0.05, 0) is 145 Å². The number of nitrogens with zero attached hydrogens (tertiary/aromatic N) is 4. The van der Waals surface area contributed by atoms with E-state index < -0.39 is 0 Å². The lowest BCUT2D eigenvalue weighted by Crippen LogP contribution is -2.12. The molecule has 0 spiro atoms. The highest BCUT2D eigenvalue weighted by molar-refractivity contribution is 6.32. The Morgan fingerprint density at radius 1 is 0.314 bits per heavy atom. The van der Waals surface area contributed by atoms with E-state index in [1.165, 1.54) is 132 Å². The highest BCUT2D eigenvalue weighted by atomic mass is 15.2. The summed E-state index contributed by atoms with van der Waals surface area (Å²) in [7, 11) is 0. The number of hydrogen-bond donors (Lipinski definition) is 0. The topological polar surface area (TPSA) is 15.3 Å². The molecule has 0 radical (unpaired) electrons. The van der Waals surface area contributed by atoms with E-state index in [9.17, 15) is 0 Å². The zero-order chi connectivity index (χ0) is 48.1. The first-order valence-corrected chi connectivity index (χ1v) is 24.9. The molecular formula is C66H58N4. The zero-order valence-electron chi connectivity index (χ0n) is 42.0. The molecule has 4 heterocycles. The van der Waals surface area contributed by atoms with Gasteiger partial charge in [0, 0.05) is 65.8 Å². The fourth-order valence-corrected chi connectivity index (χ4v) is 12.4. The van der Waals surface area contributed by atoms with Gasteiger partial charge >= 0.3 is 0 Å². The lowest BCUT2D eigenvalue weighted by atomic mass is 9.85. The summed E-state index contributed by atoms with van der Waals surface area (Å²) in [5.41, 5.74) is 22.0. The first kappa shape index (κ1) is 42.3. The number of benzene rings is 9. The van der Waals surface area contributed by atoms with Gasteiger partial charge in [0.2, 0.25) is 0 Å². The largest absolute Gasteiger partial charge is 0.310 e. The van der Waals surface area contributed by atoms with E-state index in [2.05, 4.69) is 258 Å². The molecule has 0 aliphatic rings.